The summed E-state index contributed by atoms with van der Waals surface area (Å²) in [5, 5.41) is 11.4. The molecule has 0 bridgehead atoms. The first-order chi connectivity index (χ1) is 7.36. The van der Waals surface area contributed by atoms with Crippen molar-refractivity contribution in [2.45, 2.75) is 19.5 Å². The molecule has 0 aromatic carbocycles. The molecule has 2 heterocycles. The molecule has 0 saturated heterocycles. The molecule has 6 heteroatoms. The van der Waals surface area contributed by atoms with Crippen LogP contribution in [0.1, 0.15) is 23.5 Å². The quantitative estimate of drug-likeness (QED) is 0.842. The number of aromatic nitrogens is 4. The van der Waals surface area contributed by atoms with Crippen molar-refractivity contribution in [1.82, 2.24) is 24.7 Å². The van der Waals surface area contributed by atoms with Gasteiger partial charge in [0.2, 0.25) is 0 Å². The lowest BCUT2D eigenvalue weighted by atomic mass is 10.2. The zero-order valence-corrected chi connectivity index (χ0v) is 9.53. The van der Waals surface area contributed by atoms with Crippen LogP contribution in [0, 0.1) is 0 Å². The van der Waals surface area contributed by atoms with E-state index in [1.54, 1.807) is 6.20 Å². The minimum absolute atomic E-state index is 0.132. The van der Waals surface area contributed by atoms with Crippen molar-refractivity contribution in [3.8, 4) is 0 Å². The molecule has 1 unspecified atom stereocenters. The second-order valence-electron chi connectivity index (χ2n) is 3.11. The van der Waals surface area contributed by atoms with Crippen LogP contribution in [0.5, 0.6) is 0 Å². The van der Waals surface area contributed by atoms with Crippen molar-refractivity contribution in [3.05, 3.63) is 29.0 Å². The summed E-state index contributed by atoms with van der Waals surface area (Å²) in [6.45, 7) is 2.95. The first-order valence-corrected chi connectivity index (χ1v) is 5.60. The molecule has 0 saturated carbocycles. The fourth-order valence-corrected chi connectivity index (χ4v) is 2.22. The molecule has 0 amide bonds. The van der Waals surface area contributed by atoms with E-state index in [1.807, 2.05) is 24.0 Å². The molecule has 0 aliphatic heterocycles. The summed E-state index contributed by atoms with van der Waals surface area (Å²) in [4.78, 5) is 1.10. The lowest BCUT2D eigenvalue weighted by molar-refractivity contribution is 0.567. The Morgan fingerprint density at radius 3 is 3.07 bits per heavy atom. The standard InChI is InChI=1S/C9H13N5S/c1-3-14-7(4-5-12-14)9(10-2)8-6-11-13-15-8/h4-6,9-10H,3H2,1-2H3. The van der Waals surface area contributed by atoms with Crippen LogP contribution in [0.15, 0.2) is 18.5 Å². The molecular formula is C9H13N5S. The molecule has 1 atom stereocenters. The maximum atomic E-state index is 4.25. The molecule has 0 aliphatic carbocycles. The van der Waals surface area contributed by atoms with Gasteiger partial charge in [0.05, 0.1) is 22.8 Å². The van der Waals surface area contributed by atoms with Crippen molar-refractivity contribution in [2.24, 2.45) is 0 Å². The van der Waals surface area contributed by atoms with Gasteiger partial charge in [0.15, 0.2) is 0 Å². The van der Waals surface area contributed by atoms with E-state index in [0.717, 1.165) is 17.1 Å². The summed E-state index contributed by atoms with van der Waals surface area (Å²) in [6.07, 6.45) is 3.61. The molecule has 80 valence electrons. The Balaban J connectivity index is 2.35. The van der Waals surface area contributed by atoms with Gasteiger partial charge in [0.1, 0.15) is 0 Å². The first kappa shape index (κ1) is 10.3. The Morgan fingerprint density at radius 2 is 2.47 bits per heavy atom. The van der Waals surface area contributed by atoms with Crippen LogP contribution in [0.4, 0.5) is 0 Å². The van der Waals surface area contributed by atoms with Crippen molar-refractivity contribution < 1.29 is 0 Å². The third-order valence-electron chi connectivity index (χ3n) is 2.30. The predicted octanol–water partition coefficient (Wildman–Crippen LogP) is 1.06. The van der Waals surface area contributed by atoms with Gasteiger partial charge in [-0.05, 0) is 31.6 Å². The molecular weight excluding hydrogens is 210 g/mol. The van der Waals surface area contributed by atoms with Crippen molar-refractivity contribution >= 4 is 11.5 Å². The van der Waals surface area contributed by atoms with Crippen molar-refractivity contribution in [3.63, 3.8) is 0 Å². The number of nitrogens with one attached hydrogen (secondary N) is 1. The van der Waals surface area contributed by atoms with E-state index in [0.29, 0.717) is 0 Å². The van der Waals surface area contributed by atoms with E-state index in [9.17, 15) is 0 Å². The summed E-state index contributed by atoms with van der Waals surface area (Å²) >= 11 is 1.41. The third kappa shape index (κ3) is 1.91. The maximum absolute atomic E-state index is 4.25. The molecule has 5 nitrogen and oxygen atoms in total. The average molecular weight is 223 g/mol. The minimum atomic E-state index is 0.132. The topological polar surface area (TPSA) is 55.6 Å². The predicted molar refractivity (Wildman–Crippen MR) is 58.7 cm³/mol. The Labute approximate surface area is 92.3 Å². The van der Waals surface area contributed by atoms with Crippen LogP contribution in [0.3, 0.4) is 0 Å². The Hall–Kier alpha value is -1.27. The van der Waals surface area contributed by atoms with E-state index in [2.05, 4.69) is 26.9 Å². The fourth-order valence-electron chi connectivity index (χ4n) is 1.59. The van der Waals surface area contributed by atoms with Gasteiger partial charge in [-0.3, -0.25) is 4.68 Å². The van der Waals surface area contributed by atoms with E-state index >= 15 is 0 Å². The number of hydrogen-bond acceptors (Lipinski definition) is 5. The Kier molecular flexibility index (Phi) is 3.08. The van der Waals surface area contributed by atoms with E-state index < -0.39 is 0 Å². The van der Waals surface area contributed by atoms with Gasteiger partial charge in [-0.1, -0.05) is 4.49 Å². The molecule has 0 aliphatic rings. The summed E-state index contributed by atoms with van der Waals surface area (Å²) in [7, 11) is 1.93. The lowest BCUT2D eigenvalue weighted by Gasteiger charge is -2.14. The largest absolute Gasteiger partial charge is 0.307 e. The minimum Gasteiger partial charge on any atom is -0.307 e. The van der Waals surface area contributed by atoms with Gasteiger partial charge in [-0.15, -0.1) is 5.10 Å². The van der Waals surface area contributed by atoms with Crippen LogP contribution in [0.25, 0.3) is 0 Å². The van der Waals surface area contributed by atoms with Gasteiger partial charge in [0, 0.05) is 12.7 Å². The molecule has 2 aromatic heterocycles. The first-order valence-electron chi connectivity index (χ1n) is 4.83. The Morgan fingerprint density at radius 1 is 1.60 bits per heavy atom. The number of hydrogen-bond donors (Lipinski definition) is 1. The molecule has 2 rings (SSSR count). The highest BCUT2D eigenvalue weighted by atomic mass is 32.1. The average Bonchev–Trinajstić information content (AvgIpc) is 2.89. The number of aryl methyl sites for hydroxylation is 1. The molecule has 2 aromatic rings. The summed E-state index contributed by atoms with van der Waals surface area (Å²) in [6, 6.07) is 2.15. The summed E-state index contributed by atoms with van der Waals surface area (Å²) in [5.74, 6) is 0. The SMILES string of the molecule is CCn1nccc1C(NC)c1cnns1. The van der Waals surface area contributed by atoms with Crippen LogP contribution in [-0.2, 0) is 6.54 Å². The lowest BCUT2D eigenvalue weighted by Crippen LogP contribution is -2.20. The maximum Gasteiger partial charge on any atom is 0.0871 e. The van der Waals surface area contributed by atoms with Crippen LogP contribution < -0.4 is 5.32 Å². The van der Waals surface area contributed by atoms with Crippen LogP contribution in [0.2, 0.25) is 0 Å². The van der Waals surface area contributed by atoms with Gasteiger partial charge in [-0.25, -0.2) is 0 Å². The van der Waals surface area contributed by atoms with Crippen LogP contribution in [-0.4, -0.2) is 26.4 Å². The number of nitrogens with zero attached hydrogens (tertiary/aromatic N) is 4. The van der Waals surface area contributed by atoms with Crippen molar-refractivity contribution in [2.75, 3.05) is 7.05 Å². The van der Waals surface area contributed by atoms with Gasteiger partial charge in [-0.2, -0.15) is 5.10 Å². The second kappa shape index (κ2) is 4.50. The zero-order valence-electron chi connectivity index (χ0n) is 8.71. The molecule has 15 heavy (non-hydrogen) atoms. The van der Waals surface area contributed by atoms with E-state index in [1.165, 1.54) is 11.5 Å². The van der Waals surface area contributed by atoms with Crippen LogP contribution >= 0.6 is 11.5 Å². The van der Waals surface area contributed by atoms with E-state index in [4.69, 9.17) is 0 Å². The summed E-state index contributed by atoms with van der Waals surface area (Å²) in [5.41, 5.74) is 1.14. The molecule has 0 radical (unpaired) electrons. The fraction of sp³-hybridized carbons (Fsp3) is 0.444. The Bertz CT molecular complexity index is 408. The van der Waals surface area contributed by atoms with Gasteiger partial charge in [0.25, 0.3) is 0 Å². The number of rotatable bonds is 4. The summed E-state index contributed by atoms with van der Waals surface area (Å²) < 4.78 is 5.85. The smallest absolute Gasteiger partial charge is 0.0871 e. The van der Waals surface area contributed by atoms with Gasteiger partial charge >= 0.3 is 0 Å². The highest BCUT2D eigenvalue weighted by Gasteiger charge is 2.17. The van der Waals surface area contributed by atoms with Crippen molar-refractivity contribution in [1.29, 1.82) is 0 Å². The molecule has 0 fully saturated rings. The van der Waals surface area contributed by atoms with E-state index in [-0.39, 0.29) is 6.04 Å². The highest BCUT2D eigenvalue weighted by Crippen LogP contribution is 2.22. The molecule has 1 N–H and O–H groups in total. The second-order valence-corrected chi connectivity index (χ2v) is 3.93. The molecule has 0 spiro atoms. The third-order valence-corrected chi connectivity index (χ3v) is 3.02. The van der Waals surface area contributed by atoms with Gasteiger partial charge < -0.3 is 5.32 Å². The zero-order chi connectivity index (χ0) is 10.7. The monoisotopic (exact) mass is 223 g/mol. The highest BCUT2D eigenvalue weighted by molar-refractivity contribution is 7.05. The normalized spacial score (nSPS) is 12.9.